The first-order chi connectivity index (χ1) is 8.25. The molecule has 3 N–H and O–H groups in total. The number of rotatable bonds is 6. The van der Waals surface area contributed by atoms with E-state index in [0.29, 0.717) is 0 Å². The summed E-state index contributed by atoms with van der Waals surface area (Å²) in [6.45, 7) is 5.28. The molecule has 18 heavy (non-hydrogen) atoms. The van der Waals surface area contributed by atoms with Crippen molar-refractivity contribution in [3.05, 3.63) is 0 Å². The molecule has 0 aliphatic rings. The van der Waals surface area contributed by atoms with E-state index in [-0.39, 0.29) is 24.9 Å². The van der Waals surface area contributed by atoms with Gasteiger partial charge in [-0.05, 0) is 20.8 Å². The van der Waals surface area contributed by atoms with Crippen molar-refractivity contribution in [3.8, 4) is 0 Å². The van der Waals surface area contributed by atoms with Gasteiger partial charge in [0.05, 0.1) is 0 Å². The third-order valence-corrected chi connectivity index (χ3v) is 2.34. The molecule has 1 unspecified atom stereocenters. The van der Waals surface area contributed by atoms with Crippen molar-refractivity contribution >= 4 is 17.9 Å². The van der Waals surface area contributed by atoms with Crippen molar-refractivity contribution in [1.82, 2.24) is 15.5 Å². The zero-order valence-corrected chi connectivity index (χ0v) is 11.2. The van der Waals surface area contributed by atoms with Gasteiger partial charge in [0.25, 0.3) is 0 Å². The number of nitrogens with one attached hydrogen (secondary N) is 2. The summed E-state index contributed by atoms with van der Waals surface area (Å²) in [4.78, 5) is 34.5. The molecule has 104 valence electrons. The molecule has 0 aromatic heterocycles. The molecule has 0 fully saturated rings. The van der Waals surface area contributed by atoms with E-state index >= 15 is 0 Å². The molecule has 0 rings (SSSR count). The monoisotopic (exact) mass is 259 g/mol. The number of nitrogens with zero attached hydrogens (tertiary/aromatic N) is 1. The maximum Gasteiger partial charge on any atom is 0.326 e. The van der Waals surface area contributed by atoms with Crippen LogP contribution >= 0.6 is 0 Å². The molecular weight excluding hydrogens is 238 g/mol. The summed E-state index contributed by atoms with van der Waals surface area (Å²) in [5.74, 6) is -1.23. The Labute approximate surface area is 107 Å². The van der Waals surface area contributed by atoms with Crippen LogP contribution in [0.3, 0.4) is 0 Å². The Morgan fingerprint density at radius 3 is 2.22 bits per heavy atom. The average Bonchev–Trinajstić information content (AvgIpc) is 2.25. The highest BCUT2D eigenvalue weighted by atomic mass is 16.4. The third kappa shape index (κ3) is 6.07. The largest absolute Gasteiger partial charge is 0.480 e. The first kappa shape index (κ1) is 16.2. The van der Waals surface area contributed by atoms with Crippen molar-refractivity contribution < 1.29 is 19.5 Å². The van der Waals surface area contributed by atoms with Crippen molar-refractivity contribution in [2.45, 2.75) is 39.3 Å². The highest BCUT2D eigenvalue weighted by Gasteiger charge is 2.21. The van der Waals surface area contributed by atoms with Gasteiger partial charge < -0.3 is 20.6 Å². The Balaban J connectivity index is 3.97. The Morgan fingerprint density at radius 2 is 1.78 bits per heavy atom. The van der Waals surface area contributed by atoms with E-state index in [1.54, 1.807) is 0 Å². The molecule has 3 amide bonds. The first-order valence-corrected chi connectivity index (χ1v) is 5.78. The summed E-state index contributed by atoms with van der Waals surface area (Å²) >= 11 is 0. The Hall–Kier alpha value is -1.79. The number of amides is 3. The van der Waals surface area contributed by atoms with Crippen LogP contribution < -0.4 is 10.6 Å². The van der Waals surface area contributed by atoms with Crippen LogP contribution in [0.25, 0.3) is 0 Å². The van der Waals surface area contributed by atoms with Gasteiger partial charge in [0.15, 0.2) is 0 Å². The van der Waals surface area contributed by atoms with Gasteiger partial charge in [0.1, 0.15) is 6.04 Å². The third-order valence-electron chi connectivity index (χ3n) is 2.34. The van der Waals surface area contributed by atoms with Gasteiger partial charge in [-0.2, -0.15) is 0 Å². The summed E-state index contributed by atoms with van der Waals surface area (Å²) in [6.07, 6.45) is 0.166. The minimum absolute atomic E-state index is 0.0582. The lowest BCUT2D eigenvalue weighted by molar-refractivity contribution is -0.141. The number of carboxylic acid groups (broad SMARTS) is 1. The standard InChI is InChI=1S/C11H21N3O4/c1-7(2)13-9(15)5-6-12-11(18)14(4)8(3)10(16)17/h7-8H,5-6H2,1-4H3,(H,12,18)(H,13,15)(H,16,17). The highest BCUT2D eigenvalue weighted by molar-refractivity contribution is 5.82. The molecule has 0 saturated carbocycles. The van der Waals surface area contributed by atoms with E-state index in [4.69, 9.17) is 5.11 Å². The maximum absolute atomic E-state index is 11.5. The van der Waals surface area contributed by atoms with Crippen LogP contribution in [-0.4, -0.2) is 53.6 Å². The molecule has 7 heteroatoms. The van der Waals surface area contributed by atoms with Crippen LogP contribution in [0.4, 0.5) is 4.79 Å². The summed E-state index contributed by atoms with van der Waals surface area (Å²) in [6, 6.07) is -1.36. The van der Waals surface area contributed by atoms with Gasteiger partial charge in [0, 0.05) is 26.1 Å². The molecule has 0 bridgehead atoms. The van der Waals surface area contributed by atoms with Crippen LogP contribution in [0, 0.1) is 0 Å². The van der Waals surface area contributed by atoms with Crippen LogP contribution in [0.1, 0.15) is 27.2 Å². The smallest absolute Gasteiger partial charge is 0.326 e. The number of carbonyl (C=O) groups excluding carboxylic acids is 2. The number of likely N-dealkylation sites (N-methyl/N-ethyl adjacent to an activating group) is 1. The molecule has 0 spiro atoms. The van der Waals surface area contributed by atoms with Gasteiger partial charge in [-0.1, -0.05) is 0 Å². The van der Waals surface area contributed by atoms with Crippen LogP contribution in [-0.2, 0) is 9.59 Å². The predicted molar refractivity (Wildman–Crippen MR) is 66.2 cm³/mol. The zero-order valence-electron chi connectivity index (χ0n) is 11.2. The Morgan fingerprint density at radius 1 is 1.22 bits per heavy atom. The van der Waals surface area contributed by atoms with E-state index in [9.17, 15) is 14.4 Å². The first-order valence-electron chi connectivity index (χ1n) is 5.78. The molecule has 1 atom stereocenters. The minimum atomic E-state index is -1.08. The molecular formula is C11H21N3O4. The molecule has 0 aliphatic heterocycles. The molecule has 0 saturated heterocycles. The van der Waals surface area contributed by atoms with Gasteiger partial charge in [-0.3, -0.25) is 4.79 Å². The quantitative estimate of drug-likeness (QED) is 0.626. The number of carboxylic acids is 1. The van der Waals surface area contributed by atoms with E-state index in [1.165, 1.54) is 14.0 Å². The van der Waals surface area contributed by atoms with E-state index in [0.717, 1.165) is 4.90 Å². The lowest BCUT2D eigenvalue weighted by Crippen LogP contribution is -2.46. The number of urea groups is 1. The highest BCUT2D eigenvalue weighted by Crippen LogP contribution is 1.96. The molecule has 7 nitrogen and oxygen atoms in total. The fourth-order valence-electron chi connectivity index (χ4n) is 1.14. The van der Waals surface area contributed by atoms with Crippen LogP contribution in [0.5, 0.6) is 0 Å². The lowest BCUT2D eigenvalue weighted by Gasteiger charge is -2.21. The SMILES string of the molecule is CC(C)NC(=O)CCNC(=O)N(C)C(C)C(=O)O. The maximum atomic E-state index is 11.5. The zero-order chi connectivity index (χ0) is 14.3. The van der Waals surface area contributed by atoms with E-state index in [2.05, 4.69) is 10.6 Å². The minimum Gasteiger partial charge on any atom is -0.480 e. The Kier molecular flexibility index (Phi) is 6.77. The normalized spacial score (nSPS) is 11.8. The average molecular weight is 259 g/mol. The van der Waals surface area contributed by atoms with Gasteiger partial charge >= 0.3 is 12.0 Å². The van der Waals surface area contributed by atoms with Gasteiger partial charge in [-0.25, -0.2) is 9.59 Å². The molecule has 0 radical (unpaired) electrons. The summed E-state index contributed by atoms with van der Waals surface area (Å²) < 4.78 is 0. The number of aliphatic carboxylic acids is 1. The fraction of sp³-hybridized carbons (Fsp3) is 0.727. The van der Waals surface area contributed by atoms with Crippen LogP contribution in [0.2, 0.25) is 0 Å². The van der Waals surface area contributed by atoms with Crippen molar-refractivity contribution in [3.63, 3.8) is 0 Å². The van der Waals surface area contributed by atoms with Crippen LogP contribution in [0.15, 0.2) is 0 Å². The second-order valence-electron chi connectivity index (χ2n) is 4.33. The Bertz CT molecular complexity index is 317. The van der Waals surface area contributed by atoms with Crippen molar-refractivity contribution in [2.24, 2.45) is 0 Å². The van der Waals surface area contributed by atoms with E-state index in [1.807, 2.05) is 13.8 Å². The summed E-state index contributed by atoms with van der Waals surface area (Å²) in [5, 5.41) is 13.9. The summed E-state index contributed by atoms with van der Waals surface area (Å²) in [5.41, 5.74) is 0. The van der Waals surface area contributed by atoms with Gasteiger partial charge in [-0.15, -0.1) is 0 Å². The number of carbonyl (C=O) groups is 3. The molecule has 0 aromatic rings. The number of hydrogen-bond donors (Lipinski definition) is 3. The fourth-order valence-corrected chi connectivity index (χ4v) is 1.14. The lowest BCUT2D eigenvalue weighted by atomic mass is 10.3. The number of hydrogen-bond acceptors (Lipinski definition) is 3. The van der Waals surface area contributed by atoms with Crippen molar-refractivity contribution in [1.29, 1.82) is 0 Å². The van der Waals surface area contributed by atoms with E-state index < -0.39 is 18.0 Å². The second kappa shape index (κ2) is 7.52. The van der Waals surface area contributed by atoms with Gasteiger partial charge in [0.2, 0.25) is 5.91 Å². The second-order valence-corrected chi connectivity index (χ2v) is 4.33. The predicted octanol–water partition coefficient (Wildman–Crippen LogP) is 0.0156. The summed E-state index contributed by atoms with van der Waals surface area (Å²) in [7, 11) is 1.39. The topological polar surface area (TPSA) is 98.7 Å². The van der Waals surface area contributed by atoms with Crippen molar-refractivity contribution in [2.75, 3.05) is 13.6 Å². The molecule has 0 aromatic carbocycles. The molecule has 0 heterocycles. The molecule has 0 aliphatic carbocycles.